The zero-order valence-corrected chi connectivity index (χ0v) is 41.0. The van der Waals surface area contributed by atoms with Crippen LogP contribution in [0.25, 0.3) is 0 Å². The molecule has 1 aliphatic rings. The van der Waals surface area contributed by atoms with Crippen LogP contribution in [0.3, 0.4) is 0 Å². The number of likely N-dealkylation sites (N-methyl/N-ethyl adjacent to an activating group) is 2. The number of aliphatic hydroxyl groups excluding tert-OH is 1. The van der Waals surface area contributed by atoms with Crippen molar-refractivity contribution >= 4 is 37.4 Å². The molecular formula is C48H86N8O8. The summed E-state index contributed by atoms with van der Waals surface area (Å²) in [7, 11) is 10.4. The molecule has 2 aromatic rings. The van der Waals surface area contributed by atoms with E-state index in [0.29, 0.717) is 25.5 Å². The first kappa shape index (κ1) is 63.5. The Morgan fingerprint density at radius 3 is 1.92 bits per heavy atom. The molecule has 0 aliphatic carbocycles. The van der Waals surface area contributed by atoms with E-state index in [1.807, 2.05) is 95.3 Å². The van der Waals surface area contributed by atoms with Crippen molar-refractivity contribution in [1.29, 1.82) is 0 Å². The van der Waals surface area contributed by atoms with Gasteiger partial charge in [0.2, 0.25) is 12.3 Å². The normalized spacial score (nSPS) is 13.4. The Labute approximate surface area is 385 Å². The molecular weight excluding hydrogens is 817 g/mol. The second kappa shape index (κ2) is 43.5. The van der Waals surface area contributed by atoms with E-state index in [-0.39, 0.29) is 35.7 Å². The van der Waals surface area contributed by atoms with Crippen LogP contribution < -0.4 is 31.9 Å². The van der Waals surface area contributed by atoms with Crippen LogP contribution in [0.2, 0.25) is 0 Å². The summed E-state index contributed by atoms with van der Waals surface area (Å²) in [4.78, 5) is 67.4. The van der Waals surface area contributed by atoms with Crippen LogP contribution in [0, 0.1) is 0 Å². The molecule has 7 N–H and O–H groups in total. The number of ether oxygens (including phenoxy) is 1. The molecule has 4 amide bonds. The Hall–Kier alpha value is -4.74. The largest absolute Gasteiger partial charge is 0.462 e. The smallest absolute Gasteiger partial charge is 0.314 e. The number of hydrogen-bond donors (Lipinski definition) is 7. The van der Waals surface area contributed by atoms with Crippen molar-refractivity contribution in [2.75, 3.05) is 75.1 Å². The fourth-order valence-electron chi connectivity index (χ4n) is 5.71. The highest BCUT2D eigenvalue weighted by atomic mass is 16.5. The topological polar surface area (TPSA) is 211 Å². The molecule has 0 spiro atoms. The average molecular weight is 903 g/mol. The summed E-state index contributed by atoms with van der Waals surface area (Å²) >= 11 is 0. The zero-order valence-electron chi connectivity index (χ0n) is 41.0. The molecule has 64 heavy (non-hydrogen) atoms. The molecule has 1 saturated heterocycles. The second-order valence-corrected chi connectivity index (χ2v) is 16.1. The van der Waals surface area contributed by atoms with Gasteiger partial charge in [0.05, 0.1) is 18.6 Å². The second-order valence-electron chi connectivity index (χ2n) is 16.1. The van der Waals surface area contributed by atoms with Gasteiger partial charge in [-0.3, -0.25) is 19.3 Å². The number of aliphatic hydroxyl groups is 1. The number of nitrogens with zero attached hydrogens (tertiary/aromatic N) is 2. The van der Waals surface area contributed by atoms with Crippen molar-refractivity contribution in [3.63, 3.8) is 0 Å². The summed E-state index contributed by atoms with van der Waals surface area (Å²) in [5.41, 5.74) is 2.18. The van der Waals surface area contributed by atoms with Crippen LogP contribution in [0.1, 0.15) is 90.7 Å². The van der Waals surface area contributed by atoms with Crippen molar-refractivity contribution in [1.82, 2.24) is 41.7 Å². The van der Waals surface area contributed by atoms with Crippen LogP contribution in [-0.2, 0) is 41.6 Å². The lowest BCUT2D eigenvalue weighted by atomic mass is 10.0. The highest BCUT2D eigenvalue weighted by molar-refractivity contribution is 5.82. The molecule has 2 unspecified atom stereocenters. The Morgan fingerprint density at radius 1 is 0.906 bits per heavy atom. The molecule has 3 rings (SSSR count). The lowest BCUT2D eigenvalue weighted by molar-refractivity contribution is -0.138. The minimum atomic E-state index is -0.318. The van der Waals surface area contributed by atoms with Crippen LogP contribution in [0.4, 0.5) is 4.79 Å². The lowest BCUT2D eigenvalue weighted by Gasteiger charge is -2.29. The van der Waals surface area contributed by atoms with Gasteiger partial charge in [-0.1, -0.05) is 74.0 Å². The molecule has 2 aromatic carbocycles. The minimum Gasteiger partial charge on any atom is -0.462 e. The molecule has 1 aliphatic heterocycles. The number of hydrogen-bond acceptors (Lipinski definition) is 12. The van der Waals surface area contributed by atoms with E-state index < -0.39 is 0 Å². The molecule has 0 saturated carbocycles. The summed E-state index contributed by atoms with van der Waals surface area (Å²) in [5.74, 6) is 0.0855. The maximum Gasteiger partial charge on any atom is 0.314 e. The number of likely N-dealkylation sites (tertiary alicyclic amines) is 1. The molecule has 1 heterocycles. The van der Waals surface area contributed by atoms with E-state index in [1.165, 1.54) is 11.1 Å². The molecule has 0 aromatic heterocycles. The highest BCUT2D eigenvalue weighted by Gasteiger charge is 2.19. The van der Waals surface area contributed by atoms with Gasteiger partial charge in [0.1, 0.15) is 18.2 Å². The zero-order chi connectivity index (χ0) is 49.0. The van der Waals surface area contributed by atoms with Gasteiger partial charge in [0.15, 0.2) is 0 Å². The van der Waals surface area contributed by atoms with Gasteiger partial charge in [-0.2, -0.15) is 0 Å². The lowest BCUT2D eigenvalue weighted by Crippen LogP contribution is -2.47. The SMILES string of the molecule is CC(C)(C)OC=O.CCC[C@H](C)NC(=O)C(Cc1ccccc1)NC.CN(CC=O)CCc1ccccc1.CNC(=O)NC1CCN(C)CC1.CNCCCCC(C=O)NC=O.CO. The molecule has 3 atom stereocenters. The van der Waals surface area contributed by atoms with E-state index in [2.05, 4.69) is 74.6 Å². The van der Waals surface area contributed by atoms with E-state index in [9.17, 15) is 28.8 Å². The predicted molar refractivity (Wildman–Crippen MR) is 259 cm³/mol. The van der Waals surface area contributed by atoms with Gasteiger partial charge >= 0.3 is 6.03 Å². The molecule has 16 nitrogen and oxygen atoms in total. The van der Waals surface area contributed by atoms with E-state index >= 15 is 0 Å². The summed E-state index contributed by atoms with van der Waals surface area (Å²) in [6.07, 6.45) is 10.9. The molecule has 16 heteroatoms. The number of nitrogens with one attached hydrogen (secondary N) is 6. The first-order chi connectivity index (χ1) is 30.6. The van der Waals surface area contributed by atoms with Gasteiger partial charge in [0, 0.05) is 32.8 Å². The number of carbonyl (C=O) groups is 6. The molecule has 1 fully saturated rings. The van der Waals surface area contributed by atoms with E-state index in [4.69, 9.17) is 5.11 Å². The molecule has 0 radical (unpaired) electrons. The van der Waals surface area contributed by atoms with Gasteiger partial charge < -0.3 is 56.2 Å². The molecule has 0 bridgehead atoms. The number of unbranched alkanes of at least 4 members (excludes halogenated alkanes) is 1. The summed E-state index contributed by atoms with van der Waals surface area (Å²) < 4.78 is 4.55. The number of aldehydes is 2. The van der Waals surface area contributed by atoms with Crippen molar-refractivity contribution in [2.24, 2.45) is 0 Å². The van der Waals surface area contributed by atoms with Crippen molar-refractivity contribution in [2.45, 2.75) is 122 Å². The first-order valence-corrected chi connectivity index (χ1v) is 22.3. The van der Waals surface area contributed by atoms with Crippen LogP contribution in [0.15, 0.2) is 60.7 Å². The van der Waals surface area contributed by atoms with Crippen molar-refractivity contribution in [3.05, 3.63) is 71.8 Å². The first-order valence-electron chi connectivity index (χ1n) is 22.3. The van der Waals surface area contributed by atoms with Crippen LogP contribution >= 0.6 is 0 Å². The number of benzene rings is 2. The third-order valence-electron chi connectivity index (χ3n) is 9.39. The fourth-order valence-corrected chi connectivity index (χ4v) is 5.71. The third kappa shape index (κ3) is 40.1. The number of piperidine rings is 1. The van der Waals surface area contributed by atoms with E-state index in [1.54, 1.807) is 7.05 Å². The number of carbonyl (C=O) groups excluding carboxylic acids is 6. The van der Waals surface area contributed by atoms with Gasteiger partial charge in [-0.15, -0.1) is 0 Å². The van der Waals surface area contributed by atoms with Crippen molar-refractivity contribution in [3.8, 4) is 0 Å². The maximum atomic E-state index is 12.1. The summed E-state index contributed by atoms with van der Waals surface area (Å²) in [6, 6.07) is 20.5. The molecule has 366 valence electrons. The summed E-state index contributed by atoms with van der Waals surface area (Å²) in [5, 5.41) is 24.1. The maximum absolute atomic E-state index is 12.1. The summed E-state index contributed by atoms with van der Waals surface area (Å²) in [6.45, 7) is 14.7. The predicted octanol–water partition coefficient (Wildman–Crippen LogP) is 3.75. The number of rotatable bonds is 22. The minimum absolute atomic E-state index is 0.0652. The highest BCUT2D eigenvalue weighted by Crippen LogP contribution is 2.08. The monoisotopic (exact) mass is 903 g/mol. The van der Waals surface area contributed by atoms with Gasteiger partial charge in [-0.25, -0.2) is 4.79 Å². The average Bonchev–Trinajstić information content (AvgIpc) is 3.28. The van der Waals surface area contributed by atoms with Crippen molar-refractivity contribution < 1.29 is 38.6 Å². The van der Waals surface area contributed by atoms with Crippen LogP contribution in [0.5, 0.6) is 0 Å². The van der Waals surface area contributed by atoms with Gasteiger partial charge in [0.25, 0.3) is 6.47 Å². The Bertz CT molecular complexity index is 1410. The number of amides is 4. The van der Waals surface area contributed by atoms with Gasteiger partial charge in [-0.05, 0) is 138 Å². The standard InChI is InChI=1S/C15H24N2O.C11H15NO.C8H17N3O.C8H16N2O2.C5H10O2.CH4O/c1-4-8-12(2)17-15(18)14(16-3)11-13-9-6-5-7-10-13;1-12(9-10-13)8-7-11-5-3-2-4-6-11;1-9-8(12)10-7-3-5-11(2)6-4-7;1-9-5-3-2-4-8(6-11)10-7-12;1-5(2,3)7-4-6;1-2/h5-7,9-10,12,14,16H,4,8,11H2,1-3H3,(H,17,18);2-6,10H,7-9H2,1H3;7H,3-6H2,1-2H3,(H2,9,10,12);6-9H,2-5H2,1H3,(H,10,12);4H,1-3H3;2H,1H3/t12-,14?;;;;;/m0...../s1. The third-order valence-corrected chi connectivity index (χ3v) is 9.39. The van der Waals surface area contributed by atoms with Crippen LogP contribution in [-0.4, -0.2) is 157 Å². The fraction of sp³-hybridized carbons (Fsp3) is 0.625. The Kier molecular flexibility index (Phi) is 43.2. The Balaban J connectivity index is -0.000000738. The number of urea groups is 1. The quantitative estimate of drug-likeness (QED) is 0.0666. The Morgan fingerprint density at radius 2 is 1.48 bits per heavy atom. The van der Waals surface area contributed by atoms with E-state index in [0.717, 1.165) is 104 Å².